The highest BCUT2D eigenvalue weighted by Gasteiger charge is 2.23. The lowest BCUT2D eigenvalue weighted by molar-refractivity contribution is 0.239. The number of nitrogens with zero attached hydrogens (tertiary/aromatic N) is 5. The van der Waals surface area contributed by atoms with E-state index in [0.29, 0.717) is 18.8 Å². The number of rotatable bonds is 5. The first-order chi connectivity index (χ1) is 15.6. The molecule has 0 atom stereocenters. The van der Waals surface area contributed by atoms with Gasteiger partial charge in [-0.25, -0.2) is 4.98 Å². The molecular weight excluding hydrogens is 400 g/mol. The zero-order chi connectivity index (χ0) is 22.1. The molecule has 1 N–H and O–H groups in total. The first kappa shape index (κ1) is 20.3. The lowest BCUT2D eigenvalue weighted by atomic mass is 10.0. The third kappa shape index (κ3) is 3.99. The molecule has 4 aromatic rings. The Labute approximate surface area is 186 Å². The van der Waals surface area contributed by atoms with Crippen molar-refractivity contribution in [1.29, 1.82) is 0 Å². The van der Waals surface area contributed by atoms with Gasteiger partial charge in [0.25, 0.3) is 5.56 Å². The van der Waals surface area contributed by atoms with Crippen LogP contribution < -0.4 is 5.56 Å². The maximum Gasteiger partial charge on any atom is 0.254 e. The van der Waals surface area contributed by atoms with Gasteiger partial charge in [0.2, 0.25) is 0 Å². The minimum atomic E-state index is -0.0449. The Hall–Kier alpha value is -3.58. The Kier molecular flexibility index (Phi) is 5.41. The lowest BCUT2D eigenvalue weighted by Crippen LogP contribution is -2.35. The fraction of sp³-hybridized carbons (Fsp3) is 0.280. The fourth-order valence-corrected chi connectivity index (χ4v) is 4.37. The van der Waals surface area contributed by atoms with E-state index in [1.807, 2.05) is 18.2 Å². The first-order valence-corrected chi connectivity index (χ1v) is 10.9. The van der Waals surface area contributed by atoms with Crippen molar-refractivity contribution < 1.29 is 0 Å². The number of hydrogen-bond donors (Lipinski definition) is 1. The van der Waals surface area contributed by atoms with Crippen molar-refractivity contribution >= 4 is 0 Å². The topological polar surface area (TPSA) is 79.7 Å². The van der Waals surface area contributed by atoms with Crippen LogP contribution in [0.2, 0.25) is 0 Å². The molecule has 0 bridgehead atoms. The van der Waals surface area contributed by atoms with E-state index in [9.17, 15) is 4.79 Å². The molecule has 0 spiro atoms. The van der Waals surface area contributed by atoms with Crippen molar-refractivity contribution in [2.45, 2.75) is 39.9 Å². The van der Waals surface area contributed by atoms with Crippen LogP contribution in [0.25, 0.3) is 11.4 Å². The summed E-state index contributed by atoms with van der Waals surface area (Å²) in [6, 6.07) is 14.2. The van der Waals surface area contributed by atoms with E-state index in [1.54, 1.807) is 12.4 Å². The molecule has 0 saturated heterocycles. The quantitative estimate of drug-likeness (QED) is 0.530. The number of aromatic nitrogens is 5. The summed E-state index contributed by atoms with van der Waals surface area (Å²) in [4.78, 5) is 26.9. The minimum absolute atomic E-state index is 0.0449. The highest BCUT2D eigenvalue weighted by atomic mass is 16.1. The number of fused-ring (bicyclic) bond motifs is 1. The smallest absolute Gasteiger partial charge is 0.254 e. The zero-order valence-corrected chi connectivity index (χ0v) is 18.4. The van der Waals surface area contributed by atoms with E-state index < -0.39 is 0 Å². The first-order valence-electron chi connectivity index (χ1n) is 10.9. The third-order valence-corrected chi connectivity index (χ3v) is 6.18. The molecule has 0 unspecified atom stereocenters. The SMILES string of the molecule is Cc1nn(Cc2ccccc2)c(C)c1CN1CCc2c(nc(-c3cccnc3)[nH]c2=O)C1. The van der Waals surface area contributed by atoms with Gasteiger partial charge in [0, 0.05) is 54.4 Å². The predicted octanol–water partition coefficient (Wildman–Crippen LogP) is 3.25. The third-order valence-electron chi connectivity index (χ3n) is 6.18. The summed E-state index contributed by atoms with van der Waals surface area (Å²) in [5, 5.41) is 4.80. The average Bonchev–Trinajstić information content (AvgIpc) is 3.07. The van der Waals surface area contributed by atoms with Crippen LogP contribution in [0.5, 0.6) is 0 Å². The fourth-order valence-electron chi connectivity index (χ4n) is 4.37. The summed E-state index contributed by atoms with van der Waals surface area (Å²) in [7, 11) is 0. The Morgan fingerprint density at radius 3 is 2.69 bits per heavy atom. The summed E-state index contributed by atoms with van der Waals surface area (Å²) < 4.78 is 2.08. The molecule has 1 aromatic carbocycles. The molecule has 3 aromatic heterocycles. The van der Waals surface area contributed by atoms with Gasteiger partial charge in [-0.2, -0.15) is 5.10 Å². The van der Waals surface area contributed by atoms with Crippen molar-refractivity contribution in [2.24, 2.45) is 0 Å². The Morgan fingerprint density at radius 1 is 1.06 bits per heavy atom. The Bertz CT molecular complexity index is 1290. The molecule has 32 heavy (non-hydrogen) atoms. The summed E-state index contributed by atoms with van der Waals surface area (Å²) in [5.74, 6) is 0.576. The number of aryl methyl sites for hydroxylation is 1. The summed E-state index contributed by atoms with van der Waals surface area (Å²) in [5.41, 5.74) is 7.15. The second-order valence-corrected chi connectivity index (χ2v) is 8.33. The number of pyridine rings is 1. The van der Waals surface area contributed by atoms with Gasteiger partial charge >= 0.3 is 0 Å². The number of nitrogens with one attached hydrogen (secondary N) is 1. The van der Waals surface area contributed by atoms with Crippen molar-refractivity contribution in [3.63, 3.8) is 0 Å². The second-order valence-electron chi connectivity index (χ2n) is 8.33. The number of aromatic amines is 1. The second kappa shape index (κ2) is 8.51. The van der Waals surface area contributed by atoms with Crippen molar-refractivity contribution in [2.75, 3.05) is 6.54 Å². The van der Waals surface area contributed by atoms with Gasteiger partial charge in [0.1, 0.15) is 5.82 Å². The number of benzene rings is 1. The molecule has 5 rings (SSSR count). The van der Waals surface area contributed by atoms with Crippen molar-refractivity contribution in [3.8, 4) is 11.4 Å². The molecule has 0 saturated carbocycles. The minimum Gasteiger partial charge on any atom is -0.306 e. The molecule has 0 aliphatic carbocycles. The van der Waals surface area contributed by atoms with Crippen molar-refractivity contribution in [1.82, 2.24) is 29.6 Å². The monoisotopic (exact) mass is 426 g/mol. The summed E-state index contributed by atoms with van der Waals surface area (Å²) in [6.07, 6.45) is 4.13. The van der Waals surface area contributed by atoms with Crippen LogP contribution in [-0.2, 0) is 26.1 Å². The maximum atomic E-state index is 12.7. The van der Waals surface area contributed by atoms with Gasteiger partial charge in [-0.15, -0.1) is 0 Å². The van der Waals surface area contributed by atoms with Gasteiger partial charge < -0.3 is 4.98 Å². The van der Waals surface area contributed by atoms with E-state index in [1.165, 1.54) is 16.8 Å². The number of hydrogen-bond acceptors (Lipinski definition) is 5. The van der Waals surface area contributed by atoms with Crippen LogP contribution in [0.4, 0.5) is 0 Å². The Balaban J connectivity index is 1.38. The van der Waals surface area contributed by atoms with E-state index in [2.05, 4.69) is 57.7 Å². The molecule has 0 amide bonds. The standard InChI is InChI=1S/C25H26N6O/c1-17-22(18(2)31(29-17)14-19-7-4-3-5-8-19)15-30-12-10-21-23(16-30)27-24(28-25(21)32)20-9-6-11-26-13-20/h3-9,11,13H,10,12,14-16H2,1-2H3,(H,27,28,32). The highest BCUT2D eigenvalue weighted by molar-refractivity contribution is 5.53. The van der Waals surface area contributed by atoms with E-state index in [4.69, 9.17) is 10.1 Å². The van der Waals surface area contributed by atoms with Gasteiger partial charge in [-0.1, -0.05) is 30.3 Å². The zero-order valence-electron chi connectivity index (χ0n) is 18.4. The maximum absolute atomic E-state index is 12.7. The van der Waals surface area contributed by atoms with Gasteiger partial charge in [0.05, 0.1) is 17.9 Å². The van der Waals surface area contributed by atoms with Gasteiger partial charge in [-0.05, 0) is 38.0 Å². The Morgan fingerprint density at radius 2 is 1.91 bits per heavy atom. The van der Waals surface area contributed by atoms with Crippen LogP contribution in [-0.4, -0.2) is 36.2 Å². The van der Waals surface area contributed by atoms with E-state index >= 15 is 0 Å². The molecule has 0 radical (unpaired) electrons. The average molecular weight is 427 g/mol. The van der Waals surface area contributed by atoms with E-state index in [-0.39, 0.29) is 5.56 Å². The molecule has 4 heterocycles. The normalized spacial score (nSPS) is 13.8. The lowest BCUT2D eigenvalue weighted by Gasteiger charge is -2.27. The van der Waals surface area contributed by atoms with E-state index in [0.717, 1.165) is 42.1 Å². The molecule has 7 heteroatoms. The summed E-state index contributed by atoms with van der Waals surface area (Å²) >= 11 is 0. The molecule has 1 aliphatic heterocycles. The van der Waals surface area contributed by atoms with Crippen LogP contribution in [0.15, 0.2) is 59.7 Å². The van der Waals surface area contributed by atoms with Gasteiger partial charge in [-0.3, -0.25) is 19.4 Å². The summed E-state index contributed by atoms with van der Waals surface area (Å²) in [6.45, 7) is 7.25. The molecule has 0 fully saturated rings. The van der Waals surface area contributed by atoms with Crippen LogP contribution in [0.1, 0.15) is 33.8 Å². The number of H-pyrrole nitrogens is 1. The van der Waals surface area contributed by atoms with Crippen LogP contribution >= 0.6 is 0 Å². The van der Waals surface area contributed by atoms with Crippen LogP contribution in [0, 0.1) is 13.8 Å². The molecule has 162 valence electrons. The van der Waals surface area contributed by atoms with Crippen molar-refractivity contribution in [3.05, 3.63) is 99.0 Å². The molecule has 1 aliphatic rings. The highest BCUT2D eigenvalue weighted by Crippen LogP contribution is 2.22. The largest absolute Gasteiger partial charge is 0.306 e. The molecular formula is C25H26N6O. The predicted molar refractivity (Wildman–Crippen MR) is 123 cm³/mol. The molecule has 7 nitrogen and oxygen atoms in total. The van der Waals surface area contributed by atoms with Crippen LogP contribution in [0.3, 0.4) is 0 Å². The van der Waals surface area contributed by atoms with Gasteiger partial charge in [0.15, 0.2) is 0 Å².